The number of nitrogens with zero attached hydrogens (tertiary/aromatic N) is 2. The molecule has 1 aliphatic heterocycles. The van der Waals surface area contributed by atoms with Crippen LogP contribution in [0.25, 0.3) is 0 Å². The highest BCUT2D eigenvalue weighted by molar-refractivity contribution is 5.36. The Morgan fingerprint density at radius 1 is 1.50 bits per heavy atom. The molecule has 14 heavy (non-hydrogen) atoms. The number of allylic oxidation sites excluding steroid dienone is 3. The molecule has 1 aliphatic rings. The fourth-order valence-corrected chi connectivity index (χ4v) is 1.17. The minimum atomic E-state index is 0.0349. The fraction of sp³-hybridized carbons (Fsp3) is 0.400. The van der Waals surface area contributed by atoms with E-state index in [1.807, 2.05) is 12.4 Å². The van der Waals surface area contributed by atoms with Gasteiger partial charge in [-0.15, -0.1) is 4.91 Å². The van der Waals surface area contributed by atoms with E-state index in [1.165, 1.54) is 6.42 Å². The summed E-state index contributed by atoms with van der Waals surface area (Å²) in [5.41, 5.74) is 6.05. The van der Waals surface area contributed by atoms with E-state index >= 15 is 0 Å². The molecule has 0 aliphatic carbocycles. The highest BCUT2D eigenvalue weighted by atomic mass is 16.3. The van der Waals surface area contributed by atoms with Crippen LogP contribution in [-0.4, -0.2) is 11.4 Å². The van der Waals surface area contributed by atoms with Crippen LogP contribution in [0.2, 0.25) is 0 Å². The standard InChI is InChI=1S/C10H15N3O/c1-2-3-6-13-7-4-9(5-8-13)10(11)12-14/h4-5,7-8H,2-3,6,11H2,1H3. The van der Waals surface area contributed by atoms with Crippen molar-refractivity contribution in [3.05, 3.63) is 40.9 Å². The van der Waals surface area contributed by atoms with E-state index in [4.69, 9.17) is 5.73 Å². The van der Waals surface area contributed by atoms with Crippen molar-refractivity contribution in [2.24, 2.45) is 10.9 Å². The zero-order valence-electron chi connectivity index (χ0n) is 8.31. The molecule has 0 aromatic heterocycles. The van der Waals surface area contributed by atoms with Crippen LogP contribution in [0.5, 0.6) is 0 Å². The maximum absolute atomic E-state index is 10.1. The van der Waals surface area contributed by atoms with Crippen LogP contribution in [0, 0.1) is 4.91 Å². The zero-order chi connectivity index (χ0) is 10.4. The zero-order valence-corrected chi connectivity index (χ0v) is 8.31. The van der Waals surface area contributed by atoms with E-state index < -0.39 is 0 Å². The molecular weight excluding hydrogens is 178 g/mol. The Hall–Kier alpha value is -1.58. The van der Waals surface area contributed by atoms with Crippen LogP contribution in [0.15, 0.2) is 41.1 Å². The van der Waals surface area contributed by atoms with Crippen molar-refractivity contribution in [1.82, 2.24) is 4.90 Å². The number of rotatable bonds is 4. The van der Waals surface area contributed by atoms with Crippen molar-refractivity contribution in [3.63, 3.8) is 0 Å². The van der Waals surface area contributed by atoms with Crippen LogP contribution in [0.3, 0.4) is 0 Å². The van der Waals surface area contributed by atoms with Gasteiger partial charge in [-0.2, -0.15) is 0 Å². The topological polar surface area (TPSA) is 58.7 Å². The maximum Gasteiger partial charge on any atom is 0.175 e. The van der Waals surface area contributed by atoms with Crippen molar-refractivity contribution in [2.45, 2.75) is 19.8 Å². The van der Waals surface area contributed by atoms with Crippen molar-refractivity contribution in [1.29, 1.82) is 0 Å². The van der Waals surface area contributed by atoms with Gasteiger partial charge < -0.3 is 10.6 Å². The molecule has 0 bridgehead atoms. The van der Waals surface area contributed by atoms with Gasteiger partial charge in [0.1, 0.15) is 0 Å². The number of hydrogen-bond donors (Lipinski definition) is 1. The molecule has 0 saturated carbocycles. The molecule has 0 amide bonds. The van der Waals surface area contributed by atoms with Crippen molar-refractivity contribution in [3.8, 4) is 0 Å². The summed E-state index contributed by atoms with van der Waals surface area (Å²) in [5, 5.41) is 2.69. The first-order chi connectivity index (χ1) is 6.77. The first-order valence-electron chi connectivity index (χ1n) is 4.73. The van der Waals surface area contributed by atoms with Gasteiger partial charge in [-0.1, -0.05) is 13.3 Å². The van der Waals surface area contributed by atoms with E-state index in [-0.39, 0.29) is 5.82 Å². The summed E-state index contributed by atoms with van der Waals surface area (Å²) in [6.45, 7) is 3.14. The fourth-order valence-electron chi connectivity index (χ4n) is 1.17. The number of nitroso groups, excluding NO2 is 1. The molecule has 1 heterocycles. The molecule has 1 rings (SSSR count). The van der Waals surface area contributed by atoms with E-state index in [0.29, 0.717) is 5.57 Å². The first-order valence-corrected chi connectivity index (χ1v) is 4.73. The smallest absolute Gasteiger partial charge is 0.175 e. The molecule has 2 N–H and O–H groups in total. The van der Waals surface area contributed by atoms with Gasteiger partial charge in [-0.25, -0.2) is 0 Å². The van der Waals surface area contributed by atoms with E-state index in [9.17, 15) is 4.91 Å². The van der Waals surface area contributed by atoms with Crippen molar-refractivity contribution < 1.29 is 0 Å². The lowest BCUT2D eigenvalue weighted by molar-refractivity contribution is 0.481. The Bertz CT molecular complexity index is 276. The van der Waals surface area contributed by atoms with Gasteiger partial charge in [-0.05, 0) is 23.7 Å². The molecule has 0 aromatic rings. The molecular formula is C10H15N3O. The minimum Gasteiger partial charge on any atom is -0.380 e. The number of nitrogens with two attached hydrogens (primary N) is 1. The van der Waals surface area contributed by atoms with Gasteiger partial charge >= 0.3 is 0 Å². The lowest BCUT2D eigenvalue weighted by Crippen LogP contribution is -2.13. The Morgan fingerprint density at radius 3 is 2.64 bits per heavy atom. The summed E-state index contributed by atoms with van der Waals surface area (Å²) in [7, 11) is 0. The second-order valence-electron chi connectivity index (χ2n) is 3.15. The Labute approximate surface area is 83.7 Å². The summed E-state index contributed by atoms with van der Waals surface area (Å²) in [5.74, 6) is 0.0349. The summed E-state index contributed by atoms with van der Waals surface area (Å²) >= 11 is 0. The van der Waals surface area contributed by atoms with E-state index in [2.05, 4.69) is 17.0 Å². The van der Waals surface area contributed by atoms with Gasteiger partial charge in [0.2, 0.25) is 0 Å². The van der Waals surface area contributed by atoms with Gasteiger partial charge in [0.05, 0.1) is 0 Å². The van der Waals surface area contributed by atoms with Crippen LogP contribution in [-0.2, 0) is 0 Å². The highest BCUT2D eigenvalue weighted by Gasteiger charge is 2.03. The maximum atomic E-state index is 10.1. The van der Waals surface area contributed by atoms with Crippen LogP contribution in [0.1, 0.15) is 19.8 Å². The Balaban J connectivity index is 2.56. The monoisotopic (exact) mass is 193 g/mol. The molecule has 0 spiro atoms. The van der Waals surface area contributed by atoms with E-state index in [1.54, 1.807) is 12.2 Å². The van der Waals surface area contributed by atoms with Crippen LogP contribution in [0.4, 0.5) is 0 Å². The summed E-state index contributed by atoms with van der Waals surface area (Å²) in [4.78, 5) is 12.2. The molecule has 0 atom stereocenters. The van der Waals surface area contributed by atoms with Gasteiger partial charge in [0, 0.05) is 24.5 Å². The minimum absolute atomic E-state index is 0.0349. The molecule has 0 fully saturated rings. The second-order valence-corrected chi connectivity index (χ2v) is 3.15. The largest absolute Gasteiger partial charge is 0.380 e. The SMILES string of the molecule is CCCCN1C=CC(=C(N)N=O)C=C1. The molecule has 0 radical (unpaired) electrons. The third-order valence-electron chi connectivity index (χ3n) is 2.06. The molecule has 76 valence electrons. The number of unbranched alkanes of at least 4 members (excludes halogenated alkanes) is 1. The molecule has 0 unspecified atom stereocenters. The molecule has 0 saturated heterocycles. The van der Waals surface area contributed by atoms with Gasteiger partial charge in [-0.3, -0.25) is 0 Å². The van der Waals surface area contributed by atoms with Crippen LogP contribution >= 0.6 is 0 Å². The second kappa shape index (κ2) is 5.21. The molecule has 4 heteroatoms. The molecule has 4 nitrogen and oxygen atoms in total. The Morgan fingerprint density at radius 2 is 2.14 bits per heavy atom. The summed E-state index contributed by atoms with van der Waals surface area (Å²) < 4.78 is 0. The highest BCUT2D eigenvalue weighted by Crippen LogP contribution is 2.12. The average Bonchev–Trinajstić information content (AvgIpc) is 2.26. The van der Waals surface area contributed by atoms with Crippen LogP contribution < -0.4 is 5.73 Å². The van der Waals surface area contributed by atoms with Crippen molar-refractivity contribution in [2.75, 3.05) is 6.54 Å². The van der Waals surface area contributed by atoms with Gasteiger partial charge in [0.15, 0.2) is 5.82 Å². The lowest BCUT2D eigenvalue weighted by Gasteiger charge is -2.18. The van der Waals surface area contributed by atoms with Crippen molar-refractivity contribution >= 4 is 0 Å². The predicted octanol–water partition coefficient (Wildman–Crippen LogP) is 2.07. The summed E-state index contributed by atoms with van der Waals surface area (Å²) in [6.07, 6.45) is 9.72. The Kier molecular flexibility index (Phi) is 3.91. The summed E-state index contributed by atoms with van der Waals surface area (Å²) in [6, 6.07) is 0. The third-order valence-corrected chi connectivity index (χ3v) is 2.06. The van der Waals surface area contributed by atoms with E-state index in [0.717, 1.165) is 13.0 Å². The number of hydrogen-bond acceptors (Lipinski definition) is 4. The average molecular weight is 193 g/mol. The lowest BCUT2D eigenvalue weighted by atomic mass is 10.2. The predicted molar refractivity (Wildman–Crippen MR) is 56.9 cm³/mol. The first kappa shape index (κ1) is 10.5. The quantitative estimate of drug-likeness (QED) is 0.695. The van der Waals surface area contributed by atoms with Gasteiger partial charge in [0.25, 0.3) is 0 Å². The normalized spacial score (nSPS) is 14.6. The molecule has 0 aromatic carbocycles. The third kappa shape index (κ3) is 2.73.